The molecule has 0 bridgehead atoms. The second kappa shape index (κ2) is 6.04. The number of carboxylic acids is 2. The van der Waals surface area contributed by atoms with E-state index in [4.69, 9.17) is 10.2 Å². The Labute approximate surface area is 92.2 Å². The van der Waals surface area contributed by atoms with E-state index in [1.165, 1.54) is 6.92 Å². The molecule has 7 heteroatoms. The third-order valence-electron chi connectivity index (χ3n) is 2.58. The lowest BCUT2D eigenvalue weighted by Gasteiger charge is -2.16. The first-order valence-corrected chi connectivity index (χ1v) is 4.83. The number of hydrogen-bond acceptors (Lipinski definition) is 4. The van der Waals surface area contributed by atoms with E-state index in [0.29, 0.717) is 0 Å². The van der Waals surface area contributed by atoms with E-state index in [1.807, 2.05) is 0 Å². The molecular weight excluding hydrogens is 218 g/mol. The van der Waals surface area contributed by atoms with Gasteiger partial charge in [-0.2, -0.15) is 0 Å². The summed E-state index contributed by atoms with van der Waals surface area (Å²) >= 11 is 0. The summed E-state index contributed by atoms with van der Waals surface area (Å²) in [6.07, 6.45) is -0.520. The fourth-order valence-electron chi connectivity index (χ4n) is 1.34. The molecule has 0 saturated heterocycles. The zero-order chi connectivity index (χ0) is 12.9. The van der Waals surface area contributed by atoms with Gasteiger partial charge in [-0.05, 0) is 6.42 Å². The van der Waals surface area contributed by atoms with E-state index in [2.05, 4.69) is 0 Å². The lowest BCUT2D eigenvalue weighted by molar-refractivity contribution is -0.527. The summed E-state index contributed by atoms with van der Waals surface area (Å²) in [5.74, 6) is -4.00. The van der Waals surface area contributed by atoms with Crippen molar-refractivity contribution in [1.82, 2.24) is 0 Å². The monoisotopic (exact) mass is 233 g/mol. The summed E-state index contributed by atoms with van der Waals surface area (Å²) in [7, 11) is 0. The van der Waals surface area contributed by atoms with Gasteiger partial charge >= 0.3 is 11.9 Å². The van der Waals surface area contributed by atoms with Gasteiger partial charge in [0.2, 0.25) is 6.04 Å². The summed E-state index contributed by atoms with van der Waals surface area (Å²) in [4.78, 5) is 31.1. The molecule has 3 atom stereocenters. The van der Waals surface area contributed by atoms with Gasteiger partial charge in [0.15, 0.2) is 0 Å². The molecule has 2 N–H and O–H groups in total. The maximum Gasteiger partial charge on any atom is 0.307 e. The SMILES string of the molecule is CC(CC(CC(=O)O)C(=O)O)C(C)[N+](=O)[O-]. The van der Waals surface area contributed by atoms with Crippen molar-refractivity contribution in [3.63, 3.8) is 0 Å². The Hall–Kier alpha value is -1.66. The molecule has 0 spiro atoms. The number of nitrogens with zero attached hydrogens (tertiary/aromatic N) is 1. The van der Waals surface area contributed by atoms with Crippen molar-refractivity contribution in [2.24, 2.45) is 11.8 Å². The number of aliphatic carboxylic acids is 2. The molecule has 0 aliphatic rings. The quantitative estimate of drug-likeness (QED) is 0.497. The van der Waals surface area contributed by atoms with Crippen LogP contribution >= 0.6 is 0 Å². The van der Waals surface area contributed by atoms with Gasteiger partial charge in [0.05, 0.1) is 12.3 Å². The van der Waals surface area contributed by atoms with E-state index in [9.17, 15) is 19.7 Å². The Bertz CT molecular complexity index is 290. The highest BCUT2D eigenvalue weighted by molar-refractivity contribution is 5.77. The normalized spacial score (nSPS) is 16.1. The molecule has 7 nitrogen and oxygen atoms in total. The maximum atomic E-state index is 10.7. The topological polar surface area (TPSA) is 118 Å². The Morgan fingerprint density at radius 1 is 1.31 bits per heavy atom. The molecule has 16 heavy (non-hydrogen) atoms. The predicted molar refractivity (Wildman–Crippen MR) is 53.6 cm³/mol. The zero-order valence-electron chi connectivity index (χ0n) is 9.12. The Morgan fingerprint density at radius 2 is 1.81 bits per heavy atom. The third-order valence-corrected chi connectivity index (χ3v) is 2.58. The molecule has 0 saturated carbocycles. The summed E-state index contributed by atoms with van der Waals surface area (Å²) in [6.45, 7) is 2.93. The fourth-order valence-corrected chi connectivity index (χ4v) is 1.34. The van der Waals surface area contributed by atoms with E-state index >= 15 is 0 Å². The van der Waals surface area contributed by atoms with E-state index in [-0.39, 0.29) is 6.42 Å². The minimum Gasteiger partial charge on any atom is -0.481 e. The first kappa shape index (κ1) is 14.3. The highest BCUT2D eigenvalue weighted by atomic mass is 16.6. The van der Waals surface area contributed by atoms with Gasteiger partial charge in [-0.15, -0.1) is 0 Å². The molecule has 3 unspecified atom stereocenters. The number of rotatable bonds is 7. The Morgan fingerprint density at radius 3 is 2.12 bits per heavy atom. The van der Waals surface area contributed by atoms with Gasteiger partial charge in [-0.3, -0.25) is 19.7 Å². The van der Waals surface area contributed by atoms with Crippen molar-refractivity contribution in [3.05, 3.63) is 10.1 Å². The van der Waals surface area contributed by atoms with Crippen LogP contribution in [0, 0.1) is 22.0 Å². The Kier molecular flexibility index (Phi) is 5.41. The largest absolute Gasteiger partial charge is 0.481 e. The second-order valence-electron chi connectivity index (χ2n) is 3.87. The van der Waals surface area contributed by atoms with Crippen LogP contribution < -0.4 is 0 Å². The van der Waals surface area contributed by atoms with Crippen molar-refractivity contribution < 1.29 is 24.7 Å². The molecule has 92 valence electrons. The molecule has 0 aliphatic carbocycles. The number of nitro groups is 1. The molecule has 0 radical (unpaired) electrons. The zero-order valence-corrected chi connectivity index (χ0v) is 9.12. The molecule has 0 aromatic carbocycles. The number of carbonyl (C=O) groups is 2. The molecular formula is C9H15NO6. The van der Waals surface area contributed by atoms with Gasteiger partial charge in [-0.25, -0.2) is 0 Å². The van der Waals surface area contributed by atoms with Gasteiger partial charge in [0.25, 0.3) is 0 Å². The standard InChI is InChI=1S/C9H15NO6/c1-5(6(2)10(15)16)3-7(9(13)14)4-8(11)12/h5-7H,3-4H2,1-2H3,(H,11,12)(H,13,14). The van der Waals surface area contributed by atoms with Crippen LogP contribution in [-0.4, -0.2) is 33.1 Å². The van der Waals surface area contributed by atoms with Crippen LogP contribution in [0.3, 0.4) is 0 Å². The van der Waals surface area contributed by atoms with Gasteiger partial charge in [0.1, 0.15) is 0 Å². The summed E-state index contributed by atoms with van der Waals surface area (Å²) in [6, 6.07) is -0.879. The van der Waals surface area contributed by atoms with Crippen molar-refractivity contribution in [2.75, 3.05) is 0 Å². The average Bonchev–Trinajstić information content (AvgIpc) is 2.14. The molecule has 0 aliphatic heterocycles. The van der Waals surface area contributed by atoms with Crippen LogP contribution in [0.1, 0.15) is 26.7 Å². The first-order valence-electron chi connectivity index (χ1n) is 4.83. The molecule has 0 aromatic heterocycles. The summed E-state index contributed by atoms with van der Waals surface area (Å²) in [5, 5.41) is 27.7. The maximum absolute atomic E-state index is 10.7. The molecule has 0 amide bonds. The third kappa shape index (κ3) is 4.72. The summed E-state index contributed by atoms with van der Waals surface area (Å²) in [5.41, 5.74) is 0. The summed E-state index contributed by atoms with van der Waals surface area (Å²) < 4.78 is 0. The lowest BCUT2D eigenvalue weighted by atomic mass is 9.89. The number of carboxylic acid groups (broad SMARTS) is 2. The second-order valence-corrected chi connectivity index (χ2v) is 3.87. The van der Waals surface area contributed by atoms with Crippen LogP contribution in [0.2, 0.25) is 0 Å². The minimum absolute atomic E-state index is 0.0101. The van der Waals surface area contributed by atoms with Crippen LogP contribution in [0.5, 0.6) is 0 Å². The smallest absolute Gasteiger partial charge is 0.307 e. The van der Waals surface area contributed by atoms with Crippen LogP contribution in [0.25, 0.3) is 0 Å². The molecule has 0 heterocycles. The molecule has 0 rings (SSSR count). The van der Waals surface area contributed by atoms with Gasteiger partial charge in [-0.1, -0.05) is 6.92 Å². The van der Waals surface area contributed by atoms with Crippen molar-refractivity contribution in [3.8, 4) is 0 Å². The highest BCUT2D eigenvalue weighted by Gasteiger charge is 2.29. The molecule has 0 fully saturated rings. The lowest BCUT2D eigenvalue weighted by Crippen LogP contribution is -2.28. The van der Waals surface area contributed by atoms with Gasteiger partial charge in [0, 0.05) is 17.8 Å². The van der Waals surface area contributed by atoms with Crippen LogP contribution in [-0.2, 0) is 9.59 Å². The van der Waals surface area contributed by atoms with Gasteiger partial charge < -0.3 is 10.2 Å². The fraction of sp³-hybridized carbons (Fsp3) is 0.778. The van der Waals surface area contributed by atoms with Crippen molar-refractivity contribution >= 4 is 11.9 Å². The minimum atomic E-state index is -1.23. The molecule has 0 aromatic rings. The predicted octanol–water partition coefficient (Wildman–Crippen LogP) is 0.853. The van der Waals surface area contributed by atoms with E-state index in [0.717, 1.165) is 0 Å². The van der Waals surface area contributed by atoms with Crippen molar-refractivity contribution in [2.45, 2.75) is 32.7 Å². The van der Waals surface area contributed by atoms with E-state index in [1.54, 1.807) is 6.92 Å². The van der Waals surface area contributed by atoms with Crippen LogP contribution in [0.15, 0.2) is 0 Å². The Balaban J connectivity index is 4.45. The van der Waals surface area contributed by atoms with Crippen molar-refractivity contribution in [1.29, 1.82) is 0 Å². The average molecular weight is 233 g/mol. The number of hydrogen-bond donors (Lipinski definition) is 2. The highest BCUT2D eigenvalue weighted by Crippen LogP contribution is 2.20. The van der Waals surface area contributed by atoms with E-state index < -0.39 is 41.2 Å². The van der Waals surface area contributed by atoms with Crippen LogP contribution in [0.4, 0.5) is 0 Å². The first-order chi connectivity index (χ1) is 7.25.